The fourth-order valence-corrected chi connectivity index (χ4v) is 6.05. The number of fused-ring (bicyclic) bond motifs is 1. The van der Waals surface area contributed by atoms with Crippen LogP contribution in [0.25, 0.3) is 0 Å². The highest BCUT2D eigenvalue weighted by Crippen LogP contribution is 2.20. The maximum Gasteiger partial charge on any atom is 0.323 e. The number of hydrogen-bond donors (Lipinski definition) is 4. The molecule has 38 heavy (non-hydrogen) atoms. The van der Waals surface area contributed by atoms with Crippen molar-refractivity contribution < 1.29 is 27.9 Å². The Morgan fingerprint density at radius 1 is 1.16 bits per heavy atom. The van der Waals surface area contributed by atoms with E-state index in [-0.39, 0.29) is 16.4 Å². The lowest BCUT2D eigenvalue weighted by atomic mass is 9.94. The largest absolute Gasteiger partial charge is 0.480 e. The number of rotatable bonds is 10. The third-order valence-electron chi connectivity index (χ3n) is 7.15. The number of carboxylic acids is 1. The van der Waals surface area contributed by atoms with Crippen LogP contribution in [0.5, 0.6) is 0 Å². The minimum Gasteiger partial charge on any atom is -0.480 e. The Labute approximate surface area is 222 Å². The van der Waals surface area contributed by atoms with E-state index in [1.165, 1.54) is 18.2 Å². The SMILES string of the molecule is Cc1ccc(S(=O)(=O)NC(CNC(=O)c2cc3n(c2)CCCN(CCC2CCNCC2)C3=O)C(=O)O)cc1. The van der Waals surface area contributed by atoms with Gasteiger partial charge in [0.15, 0.2) is 0 Å². The zero-order valence-corrected chi connectivity index (χ0v) is 22.3. The van der Waals surface area contributed by atoms with E-state index in [9.17, 15) is 27.9 Å². The highest BCUT2D eigenvalue weighted by molar-refractivity contribution is 7.89. The van der Waals surface area contributed by atoms with E-state index in [0.717, 1.165) is 44.3 Å². The molecule has 1 saturated heterocycles. The number of piperidine rings is 1. The van der Waals surface area contributed by atoms with Gasteiger partial charge in [-0.3, -0.25) is 14.4 Å². The predicted molar refractivity (Wildman–Crippen MR) is 140 cm³/mol. The summed E-state index contributed by atoms with van der Waals surface area (Å²) in [5.41, 5.74) is 1.51. The van der Waals surface area contributed by atoms with E-state index in [2.05, 4.69) is 15.4 Å². The minimum atomic E-state index is -4.11. The number of aryl methyl sites for hydroxylation is 2. The summed E-state index contributed by atoms with van der Waals surface area (Å²) in [5, 5.41) is 15.4. The average Bonchev–Trinajstić information content (AvgIpc) is 3.27. The molecule has 1 aromatic heterocycles. The first kappa shape index (κ1) is 27.8. The molecular formula is C26H35N5O6S. The second-order valence-corrected chi connectivity index (χ2v) is 11.7. The van der Waals surface area contributed by atoms with Gasteiger partial charge in [-0.2, -0.15) is 4.72 Å². The Balaban J connectivity index is 1.38. The monoisotopic (exact) mass is 545 g/mol. The van der Waals surface area contributed by atoms with Crippen LogP contribution in [-0.4, -0.2) is 79.5 Å². The van der Waals surface area contributed by atoms with Crippen LogP contribution in [0, 0.1) is 12.8 Å². The smallest absolute Gasteiger partial charge is 0.323 e. The molecular weight excluding hydrogens is 510 g/mol. The Morgan fingerprint density at radius 3 is 2.55 bits per heavy atom. The second kappa shape index (κ2) is 12.1. The van der Waals surface area contributed by atoms with Crippen LogP contribution >= 0.6 is 0 Å². The van der Waals surface area contributed by atoms with Crippen molar-refractivity contribution in [3.8, 4) is 0 Å². The minimum absolute atomic E-state index is 0.0694. The number of carbonyl (C=O) groups is 3. The van der Waals surface area contributed by atoms with Crippen LogP contribution < -0.4 is 15.4 Å². The fraction of sp³-hybridized carbons (Fsp3) is 0.500. The van der Waals surface area contributed by atoms with Crippen LogP contribution in [0.3, 0.4) is 0 Å². The lowest BCUT2D eigenvalue weighted by Gasteiger charge is -2.26. The Bertz CT molecular complexity index is 1270. The molecule has 0 saturated carbocycles. The quantitative estimate of drug-likeness (QED) is 0.350. The molecule has 0 bridgehead atoms. The molecule has 0 aliphatic carbocycles. The van der Waals surface area contributed by atoms with Crippen LogP contribution in [0.15, 0.2) is 41.4 Å². The zero-order valence-electron chi connectivity index (χ0n) is 21.5. The van der Waals surface area contributed by atoms with Crippen molar-refractivity contribution in [2.24, 2.45) is 5.92 Å². The molecule has 0 spiro atoms. The van der Waals surface area contributed by atoms with Crippen molar-refractivity contribution in [3.63, 3.8) is 0 Å². The van der Waals surface area contributed by atoms with Gasteiger partial charge in [-0.1, -0.05) is 17.7 Å². The van der Waals surface area contributed by atoms with Gasteiger partial charge in [0.2, 0.25) is 10.0 Å². The van der Waals surface area contributed by atoms with Gasteiger partial charge in [0.05, 0.1) is 10.5 Å². The van der Waals surface area contributed by atoms with Gasteiger partial charge in [0, 0.05) is 32.4 Å². The third-order valence-corrected chi connectivity index (χ3v) is 8.64. The first-order chi connectivity index (χ1) is 18.1. The second-order valence-electron chi connectivity index (χ2n) is 9.97. The molecule has 2 amide bonds. The molecule has 4 N–H and O–H groups in total. The van der Waals surface area contributed by atoms with Gasteiger partial charge in [-0.05, 0) is 69.8 Å². The summed E-state index contributed by atoms with van der Waals surface area (Å²) in [6, 6.07) is 5.94. The zero-order chi connectivity index (χ0) is 27.3. The van der Waals surface area contributed by atoms with Crippen molar-refractivity contribution in [2.45, 2.75) is 50.1 Å². The van der Waals surface area contributed by atoms with Crippen molar-refractivity contribution in [3.05, 3.63) is 53.3 Å². The highest BCUT2D eigenvalue weighted by atomic mass is 32.2. The highest BCUT2D eigenvalue weighted by Gasteiger charge is 2.28. The number of nitrogens with one attached hydrogen (secondary N) is 3. The molecule has 0 radical (unpaired) electrons. The van der Waals surface area contributed by atoms with Crippen molar-refractivity contribution in [2.75, 3.05) is 32.7 Å². The van der Waals surface area contributed by atoms with E-state index in [1.54, 1.807) is 29.8 Å². The molecule has 2 aliphatic rings. The van der Waals surface area contributed by atoms with Crippen LogP contribution in [0.4, 0.5) is 0 Å². The molecule has 1 unspecified atom stereocenters. The summed E-state index contributed by atoms with van der Waals surface area (Å²) >= 11 is 0. The molecule has 1 aromatic carbocycles. The number of nitrogens with zero attached hydrogens (tertiary/aromatic N) is 2. The van der Waals surface area contributed by atoms with Crippen LogP contribution in [0.2, 0.25) is 0 Å². The Hall–Kier alpha value is -3.22. The molecule has 12 heteroatoms. The summed E-state index contributed by atoms with van der Waals surface area (Å²) < 4.78 is 29.1. The van der Waals surface area contributed by atoms with Gasteiger partial charge in [-0.25, -0.2) is 8.42 Å². The van der Waals surface area contributed by atoms with E-state index >= 15 is 0 Å². The van der Waals surface area contributed by atoms with Crippen LogP contribution in [-0.2, 0) is 21.4 Å². The number of amides is 2. The topological polar surface area (TPSA) is 150 Å². The van der Waals surface area contributed by atoms with E-state index in [4.69, 9.17) is 0 Å². The number of hydrogen-bond acceptors (Lipinski definition) is 6. The molecule has 1 atom stereocenters. The molecule has 206 valence electrons. The number of aliphatic carboxylic acids is 1. The van der Waals surface area contributed by atoms with Gasteiger partial charge >= 0.3 is 5.97 Å². The summed E-state index contributed by atoms with van der Waals surface area (Å²) in [6.45, 7) is 5.29. The molecule has 4 rings (SSSR count). The first-order valence-electron chi connectivity index (χ1n) is 12.9. The fourth-order valence-electron chi connectivity index (χ4n) is 4.87. The van der Waals surface area contributed by atoms with Crippen molar-refractivity contribution in [1.29, 1.82) is 0 Å². The Kier molecular flexibility index (Phi) is 8.85. The summed E-state index contributed by atoms with van der Waals surface area (Å²) in [7, 11) is -4.11. The summed E-state index contributed by atoms with van der Waals surface area (Å²) in [4.78, 5) is 39.6. The van der Waals surface area contributed by atoms with E-state index < -0.39 is 34.5 Å². The molecule has 11 nitrogen and oxygen atoms in total. The average molecular weight is 546 g/mol. The Morgan fingerprint density at radius 2 is 1.87 bits per heavy atom. The molecule has 2 aromatic rings. The molecule has 2 aliphatic heterocycles. The number of carboxylic acid groups (broad SMARTS) is 1. The predicted octanol–water partition coefficient (Wildman–Crippen LogP) is 1.19. The van der Waals surface area contributed by atoms with E-state index in [0.29, 0.717) is 31.2 Å². The van der Waals surface area contributed by atoms with Gasteiger partial charge in [0.25, 0.3) is 11.8 Å². The third kappa shape index (κ3) is 6.80. The standard InChI is InChI=1S/C26H35N5O6S/c1-18-3-5-21(6-4-18)38(36,37)29-22(26(34)35)16-28-24(32)20-15-23-25(33)30(12-2-13-31(23)17-20)14-9-19-7-10-27-11-8-19/h3-6,15,17,19,22,27,29H,2,7-14,16H2,1H3,(H,28,32)(H,34,35). The maximum absolute atomic E-state index is 13.2. The first-order valence-corrected chi connectivity index (χ1v) is 14.4. The molecule has 1 fully saturated rings. The van der Waals surface area contributed by atoms with Gasteiger partial charge < -0.3 is 25.2 Å². The van der Waals surface area contributed by atoms with E-state index in [1.807, 2.05) is 4.90 Å². The van der Waals surface area contributed by atoms with Gasteiger partial charge in [0.1, 0.15) is 11.7 Å². The van der Waals surface area contributed by atoms with Crippen molar-refractivity contribution in [1.82, 2.24) is 24.8 Å². The number of benzene rings is 1. The van der Waals surface area contributed by atoms with Crippen molar-refractivity contribution >= 4 is 27.8 Å². The lowest BCUT2D eigenvalue weighted by molar-refractivity contribution is -0.138. The number of aromatic nitrogens is 1. The summed E-state index contributed by atoms with van der Waals surface area (Å²) in [5.74, 6) is -1.52. The normalized spacial score (nSPS) is 17.5. The number of carbonyl (C=O) groups excluding carboxylic acids is 2. The maximum atomic E-state index is 13.2. The number of sulfonamides is 1. The van der Waals surface area contributed by atoms with Gasteiger partial charge in [-0.15, -0.1) is 0 Å². The molecule has 3 heterocycles. The lowest BCUT2D eigenvalue weighted by Crippen LogP contribution is -2.48. The van der Waals surface area contributed by atoms with Crippen LogP contribution in [0.1, 0.15) is 52.1 Å². The summed E-state index contributed by atoms with van der Waals surface area (Å²) in [6.07, 6.45) is 5.53.